The van der Waals surface area contributed by atoms with Crippen LogP contribution in [0.2, 0.25) is 0 Å². The third-order valence-electron chi connectivity index (χ3n) is 2.93. The largest absolute Gasteiger partial charge is 0.354 e. The van der Waals surface area contributed by atoms with Crippen LogP contribution >= 0.6 is 11.6 Å². The Morgan fingerprint density at radius 3 is 2.50 bits per heavy atom. The SMILES string of the molecule is CC(C)(C)CC(Cl)CNC(=O)C1CCS(=O)(=O)C1. The molecule has 4 nitrogen and oxygen atoms in total. The fourth-order valence-electron chi connectivity index (χ4n) is 2.09. The van der Waals surface area contributed by atoms with Crippen molar-refractivity contribution < 1.29 is 13.2 Å². The van der Waals surface area contributed by atoms with Crippen LogP contribution in [0.25, 0.3) is 0 Å². The summed E-state index contributed by atoms with van der Waals surface area (Å²) in [6.45, 7) is 6.67. The van der Waals surface area contributed by atoms with E-state index in [1.807, 2.05) is 0 Å². The zero-order valence-electron chi connectivity index (χ0n) is 11.2. The van der Waals surface area contributed by atoms with Crippen molar-refractivity contribution in [3.63, 3.8) is 0 Å². The van der Waals surface area contributed by atoms with E-state index in [1.165, 1.54) is 0 Å². The highest BCUT2D eigenvalue weighted by atomic mass is 35.5. The lowest BCUT2D eigenvalue weighted by Crippen LogP contribution is -2.36. The van der Waals surface area contributed by atoms with E-state index in [1.54, 1.807) is 0 Å². The lowest BCUT2D eigenvalue weighted by Gasteiger charge is -2.22. The van der Waals surface area contributed by atoms with Gasteiger partial charge in [-0.3, -0.25) is 4.79 Å². The Morgan fingerprint density at radius 1 is 1.44 bits per heavy atom. The first-order chi connectivity index (χ1) is 8.09. The number of hydrogen-bond acceptors (Lipinski definition) is 3. The maximum Gasteiger partial charge on any atom is 0.224 e. The quantitative estimate of drug-likeness (QED) is 0.801. The molecule has 2 unspecified atom stereocenters. The Balaban J connectivity index is 2.34. The van der Waals surface area contributed by atoms with Crippen LogP contribution in [0.5, 0.6) is 0 Å². The van der Waals surface area contributed by atoms with Crippen molar-refractivity contribution in [2.75, 3.05) is 18.1 Å². The van der Waals surface area contributed by atoms with E-state index in [4.69, 9.17) is 11.6 Å². The second-order valence-corrected chi connectivity index (χ2v) is 9.05. The number of nitrogens with one attached hydrogen (secondary N) is 1. The van der Waals surface area contributed by atoms with E-state index in [2.05, 4.69) is 26.1 Å². The van der Waals surface area contributed by atoms with Crippen molar-refractivity contribution in [2.45, 2.75) is 39.0 Å². The first kappa shape index (κ1) is 15.8. The van der Waals surface area contributed by atoms with Crippen molar-refractivity contribution >= 4 is 27.3 Å². The highest BCUT2D eigenvalue weighted by molar-refractivity contribution is 7.91. The molecule has 0 aromatic rings. The number of carbonyl (C=O) groups excluding carboxylic acids is 1. The van der Waals surface area contributed by atoms with Gasteiger partial charge in [-0.25, -0.2) is 8.42 Å². The second kappa shape index (κ2) is 5.78. The van der Waals surface area contributed by atoms with Gasteiger partial charge in [-0.2, -0.15) is 0 Å². The van der Waals surface area contributed by atoms with Gasteiger partial charge >= 0.3 is 0 Å². The summed E-state index contributed by atoms with van der Waals surface area (Å²) < 4.78 is 22.5. The van der Waals surface area contributed by atoms with Gasteiger partial charge in [0.15, 0.2) is 9.84 Å². The van der Waals surface area contributed by atoms with Crippen LogP contribution < -0.4 is 5.32 Å². The Morgan fingerprint density at radius 2 is 2.06 bits per heavy atom. The highest BCUT2D eigenvalue weighted by Gasteiger charge is 2.33. The minimum Gasteiger partial charge on any atom is -0.354 e. The Hall–Kier alpha value is -0.290. The number of carbonyl (C=O) groups is 1. The summed E-state index contributed by atoms with van der Waals surface area (Å²) in [5.41, 5.74) is 0.119. The van der Waals surface area contributed by atoms with Crippen LogP contribution in [-0.4, -0.2) is 37.8 Å². The molecule has 106 valence electrons. The molecule has 2 atom stereocenters. The molecule has 1 N–H and O–H groups in total. The van der Waals surface area contributed by atoms with E-state index >= 15 is 0 Å². The van der Waals surface area contributed by atoms with Crippen LogP contribution in [0.15, 0.2) is 0 Å². The van der Waals surface area contributed by atoms with Gasteiger partial charge in [0, 0.05) is 6.54 Å². The average Bonchev–Trinajstić information content (AvgIpc) is 2.52. The molecular formula is C12H22ClNO3S. The average molecular weight is 296 g/mol. The minimum absolute atomic E-state index is 0.0228. The van der Waals surface area contributed by atoms with E-state index in [-0.39, 0.29) is 28.2 Å². The predicted molar refractivity (Wildman–Crippen MR) is 73.5 cm³/mol. The molecule has 18 heavy (non-hydrogen) atoms. The molecule has 1 aliphatic rings. The van der Waals surface area contributed by atoms with Gasteiger partial charge in [0.2, 0.25) is 5.91 Å². The summed E-state index contributed by atoms with van der Waals surface area (Å²) in [4.78, 5) is 11.8. The van der Waals surface area contributed by atoms with Gasteiger partial charge in [0.25, 0.3) is 0 Å². The number of sulfone groups is 1. The van der Waals surface area contributed by atoms with Gasteiger partial charge in [-0.05, 0) is 18.3 Å². The Labute approximate surface area is 114 Å². The zero-order chi connectivity index (χ0) is 14.0. The summed E-state index contributed by atoms with van der Waals surface area (Å²) >= 11 is 6.14. The third kappa shape index (κ3) is 5.57. The first-order valence-corrected chi connectivity index (χ1v) is 8.47. The van der Waals surface area contributed by atoms with E-state index in [0.717, 1.165) is 6.42 Å². The van der Waals surface area contributed by atoms with Crippen LogP contribution in [-0.2, 0) is 14.6 Å². The fourth-order valence-corrected chi connectivity index (χ4v) is 4.38. The normalized spacial score (nSPS) is 24.8. The van der Waals surface area contributed by atoms with E-state index < -0.39 is 15.8 Å². The van der Waals surface area contributed by atoms with Crippen LogP contribution in [0.4, 0.5) is 0 Å². The molecule has 0 bridgehead atoms. The molecule has 0 aliphatic carbocycles. The van der Waals surface area contributed by atoms with Gasteiger partial charge < -0.3 is 5.32 Å². The maximum absolute atomic E-state index is 11.8. The van der Waals surface area contributed by atoms with Gasteiger partial charge in [0.1, 0.15) is 0 Å². The van der Waals surface area contributed by atoms with Gasteiger partial charge in [-0.1, -0.05) is 20.8 Å². The predicted octanol–water partition coefficient (Wildman–Crippen LogP) is 1.58. The summed E-state index contributed by atoms with van der Waals surface area (Å²) in [5.74, 6) is -0.480. The molecule has 1 saturated heterocycles. The van der Waals surface area contributed by atoms with Crippen LogP contribution in [0, 0.1) is 11.3 Å². The van der Waals surface area contributed by atoms with Crippen molar-refractivity contribution in [3.05, 3.63) is 0 Å². The molecular weight excluding hydrogens is 274 g/mol. The van der Waals surface area contributed by atoms with E-state index in [0.29, 0.717) is 13.0 Å². The van der Waals surface area contributed by atoms with Crippen LogP contribution in [0.1, 0.15) is 33.6 Å². The topological polar surface area (TPSA) is 63.2 Å². The summed E-state index contributed by atoms with van der Waals surface area (Å²) in [6, 6.07) is 0. The fraction of sp³-hybridized carbons (Fsp3) is 0.917. The number of hydrogen-bond donors (Lipinski definition) is 1. The molecule has 1 heterocycles. The van der Waals surface area contributed by atoms with E-state index in [9.17, 15) is 13.2 Å². The van der Waals surface area contributed by atoms with Crippen molar-refractivity contribution in [1.82, 2.24) is 5.32 Å². The Bertz CT molecular complexity index is 400. The standard InChI is InChI=1S/C12H22ClNO3S/c1-12(2,3)6-10(13)7-14-11(15)9-4-5-18(16,17)8-9/h9-10H,4-8H2,1-3H3,(H,14,15). The number of alkyl halides is 1. The zero-order valence-corrected chi connectivity index (χ0v) is 12.8. The molecule has 0 saturated carbocycles. The third-order valence-corrected chi connectivity index (χ3v) is 5.01. The molecule has 6 heteroatoms. The monoisotopic (exact) mass is 295 g/mol. The molecule has 0 aromatic heterocycles. The number of rotatable bonds is 4. The van der Waals surface area contributed by atoms with Crippen LogP contribution in [0.3, 0.4) is 0 Å². The first-order valence-electron chi connectivity index (χ1n) is 6.21. The highest BCUT2D eigenvalue weighted by Crippen LogP contribution is 2.23. The summed E-state index contributed by atoms with van der Waals surface area (Å²) in [7, 11) is -3.00. The van der Waals surface area contributed by atoms with Gasteiger partial charge in [-0.15, -0.1) is 11.6 Å². The molecule has 0 spiro atoms. The smallest absolute Gasteiger partial charge is 0.224 e. The van der Waals surface area contributed by atoms with Crippen molar-refractivity contribution in [1.29, 1.82) is 0 Å². The number of amides is 1. The summed E-state index contributed by atoms with van der Waals surface area (Å²) in [5, 5.41) is 2.63. The van der Waals surface area contributed by atoms with Crippen molar-refractivity contribution in [2.24, 2.45) is 11.3 Å². The minimum atomic E-state index is -3.00. The van der Waals surface area contributed by atoms with Gasteiger partial charge in [0.05, 0.1) is 22.8 Å². The lowest BCUT2D eigenvalue weighted by atomic mass is 9.90. The lowest BCUT2D eigenvalue weighted by molar-refractivity contribution is -0.124. The maximum atomic E-state index is 11.8. The number of halogens is 1. The molecule has 1 aliphatic heterocycles. The molecule has 1 fully saturated rings. The van der Waals surface area contributed by atoms with Crippen molar-refractivity contribution in [3.8, 4) is 0 Å². The molecule has 0 aromatic carbocycles. The second-order valence-electron chi connectivity index (χ2n) is 6.21. The molecule has 1 amide bonds. The molecule has 0 radical (unpaired) electrons. The summed E-state index contributed by atoms with van der Waals surface area (Å²) in [6.07, 6.45) is 1.23. The molecule has 1 rings (SSSR count). The Kier molecular flexibility index (Phi) is 5.06.